The lowest BCUT2D eigenvalue weighted by Gasteiger charge is -2.47. The zero-order valence-electron chi connectivity index (χ0n) is 26.6. The van der Waals surface area contributed by atoms with E-state index in [2.05, 4.69) is 56.6 Å². The highest BCUT2D eigenvalue weighted by Gasteiger charge is 2.52. The summed E-state index contributed by atoms with van der Waals surface area (Å²) in [7, 11) is 0. The van der Waals surface area contributed by atoms with Gasteiger partial charge in [0.1, 0.15) is 23.0 Å². The van der Waals surface area contributed by atoms with E-state index in [0.717, 1.165) is 44.7 Å². The van der Waals surface area contributed by atoms with Gasteiger partial charge in [-0.2, -0.15) is 0 Å². The monoisotopic (exact) mass is 608 g/mol. The molecule has 3 aliphatic rings. The lowest BCUT2D eigenvalue weighted by molar-refractivity contribution is -0.134. The zero-order valence-corrected chi connectivity index (χ0v) is 26.6. The minimum Gasteiger partial charge on any atom is -0.386 e. The van der Waals surface area contributed by atoms with Gasteiger partial charge in [0.15, 0.2) is 0 Å². The van der Waals surface area contributed by atoms with Gasteiger partial charge >= 0.3 is 0 Å². The Morgan fingerprint density at radius 2 is 1.89 bits per heavy atom. The zero-order chi connectivity index (χ0) is 32.7. The fraction of sp³-hybridized carbons (Fsp3) is 0.545. The molecule has 1 saturated carbocycles. The van der Waals surface area contributed by atoms with Gasteiger partial charge in [-0.1, -0.05) is 58.9 Å². The van der Waals surface area contributed by atoms with E-state index in [1.165, 1.54) is 12.3 Å². The van der Waals surface area contributed by atoms with Crippen LogP contribution in [0.25, 0.3) is 0 Å². The summed E-state index contributed by atoms with van der Waals surface area (Å²) in [4.78, 5) is 38.3. The average Bonchev–Trinajstić information content (AvgIpc) is 3.11. The third-order valence-corrected chi connectivity index (χ3v) is 8.72. The van der Waals surface area contributed by atoms with E-state index >= 15 is 0 Å². The Morgan fingerprint density at radius 3 is 2.48 bits per heavy atom. The number of amidine groups is 1. The van der Waals surface area contributed by atoms with Crippen LogP contribution >= 0.6 is 0 Å². The van der Waals surface area contributed by atoms with Crippen molar-refractivity contribution < 1.29 is 14.0 Å². The number of hydrazine groups is 1. The molecule has 11 heteroatoms. The van der Waals surface area contributed by atoms with Crippen LogP contribution in [0.15, 0.2) is 59.4 Å². The molecule has 0 saturated heterocycles. The van der Waals surface area contributed by atoms with Crippen LogP contribution in [0.5, 0.6) is 0 Å². The smallest absolute Gasteiger partial charge is 0.274 e. The summed E-state index contributed by atoms with van der Waals surface area (Å²) in [5, 5.41) is 10.1. The summed E-state index contributed by atoms with van der Waals surface area (Å²) in [5.41, 5.74) is 5.86. The first-order valence-electron chi connectivity index (χ1n) is 15.4. The molecule has 1 aliphatic heterocycles. The number of hydrogen-bond donors (Lipinski definition) is 5. The minimum absolute atomic E-state index is 0.0252. The highest BCUT2D eigenvalue weighted by atomic mass is 19.1. The first kappa shape index (κ1) is 34.8. The molecule has 10 nitrogen and oxygen atoms in total. The van der Waals surface area contributed by atoms with Gasteiger partial charge in [0.25, 0.3) is 11.8 Å². The molecule has 2 atom stereocenters. The third-order valence-electron chi connectivity index (χ3n) is 8.72. The van der Waals surface area contributed by atoms with Crippen molar-refractivity contribution in [1.29, 1.82) is 5.41 Å². The van der Waals surface area contributed by atoms with Crippen molar-refractivity contribution in [2.45, 2.75) is 84.8 Å². The summed E-state index contributed by atoms with van der Waals surface area (Å²) in [6.07, 6.45) is 17.1. The van der Waals surface area contributed by atoms with Crippen LogP contribution in [0.3, 0.4) is 0 Å². The van der Waals surface area contributed by atoms with Gasteiger partial charge in [0, 0.05) is 29.3 Å². The van der Waals surface area contributed by atoms with E-state index in [4.69, 9.17) is 16.1 Å². The van der Waals surface area contributed by atoms with Crippen LogP contribution in [0.1, 0.15) is 78.7 Å². The third kappa shape index (κ3) is 8.47. The number of halogens is 1. The van der Waals surface area contributed by atoms with Crippen molar-refractivity contribution in [3.8, 4) is 0 Å². The van der Waals surface area contributed by atoms with Gasteiger partial charge in [-0.05, 0) is 67.9 Å². The first-order chi connectivity index (χ1) is 20.8. The number of rotatable bonds is 9. The highest BCUT2D eigenvalue weighted by molar-refractivity contribution is 6.46. The van der Waals surface area contributed by atoms with Crippen molar-refractivity contribution in [3.63, 3.8) is 0 Å². The van der Waals surface area contributed by atoms with E-state index < -0.39 is 11.5 Å². The van der Waals surface area contributed by atoms with Crippen LogP contribution in [0.2, 0.25) is 0 Å². The summed E-state index contributed by atoms with van der Waals surface area (Å²) < 4.78 is 14.2. The fourth-order valence-electron chi connectivity index (χ4n) is 6.31. The van der Waals surface area contributed by atoms with E-state index in [1.54, 1.807) is 12.2 Å². The lowest BCUT2D eigenvalue weighted by Crippen LogP contribution is -2.56. The number of carbonyl (C=O) groups excluding carboxylic acids is 2. The van der Waals surface area contributed by atoms with Crippen LogP contribution in [0, 0.1) is 34.4 Å². The molecule has 1 fully saturated rings. The molecular formula is C33H49FN8O2. The molecule has 2 heterocycles. The number of aromatic nitrogens is 1. The highest BCUT2D eigenvalue weighted by Crippen LogP contribution is 2.46. The van der Waals surface area contributed by atoms with Crippen molar-refractivity contribution in [2.24, 2.45) is 45.6 Å². The molecule has 1 spiro atoms. The predicted molar refractivity (Wildman–Crippen MR) is 173 cm³/mol. The van der Waals surface area contributed by atoms with E-state index in [1.807, 2.05) is 23.1 Å². The number of nitrogens with two attached hydrogens (primary N) is 3. The molecule has 2 amide bonds. The van der Waals surface area contributed by atoms with Gasteiger partial charge in [0.2, 0.25) is 0 Å². The van der Waals surface area contributed by atoms with Crippen LogP contribution in [0.4, 0.5) is 4.39 Å². The second-order valence-corrected chi connectivity index (χ2v) is 13.4. The number of hydrogen-bond acceptors (Lipinski definition) is 7. The Kier molecular flexibility index (Phi) is 11.7. The molecule has 0 radical (unpaired) electrons. The van der Waals surface area contributed by atoms with E-state index in [-0.39, 0.29) is 47.3 Å². The molecule has 2 aliphatic carbocycles. The van der Waals surface area contributed by atoms with Gasteiger partial charge < -0.3 is 16.0 Å². The maximum atomic E-state index is 14.4. The molecule has 240 valence electrons. The number of carbonyl (C=O) groups is 2. The molecule has 0 bridgehead atoms. The Hall–Kier alpha value is -3.70. The maximum Gasteiger partial charge on any atom is 0.274 e. The predicted octanol–water partition coefficient (Wildman–Crippen LogP) is 4.13. The molecular weight excluding hydrogens is 559 g/mol. The number of allylic oxidation sites excluding steroid dienone is 2. The summed E-state index contributed by atoms with van der Waals surface area (Å²) >= 11 is 0. The summed E-state index contributed by atoms with van der Waals surface area (Å²) in [5.74, 6) is 7.81. The van der Waals surface area contributed by atoms with Gasteiger partial charge in [-0.3, -0.25) is 36.7 Å². The second-order valence-electron chi connectivity index (χ2n) is 13.4. The number of aliphatic imine (C=N–C) groups is 1. The van der Waals surface area contributed by atoms with Crippen LogP contribution < -0.4 is 22.7 Å². The maximum absolute atomic E-state index is 14.4. The molecule has 44 heavy (non-hydrogen) atoms. The standard InChI is InChI=1S/C33H45FN6O2.H4N2/c1-21(2)22-11-15-33(16-12-22)39-29(25-17-26(34)19-37-18-25)31(42)40(33)27(13-14-32(3,4)5)23-7-6-8-24(10-9-23)30(41)38-20-28(35)36;1-2/h6-10,17-19,21-23,27H,11-16,20H2,1-5H3,(H3,35,36)(H,38,41);1-2H2. The molecule has 1 aromatic rings. The largest absolute Gasteiger partial charge is 0.386 e. The normalized spacial score (nSPS) is 23.9. The molecule has 8 N–H and O–H groups in total. The Balaban J connectivity index is 0.00000259. The van der Waals surface area contributed by atoms with Crippen molar-refractivity contribution in [1.82, 2.24) is 15.2 Å². The quantitative estimate of drug-likeness (QED) is 0.122. The van der Waals surface area contributed by atoms with Gasteiger partial charge in [0.05, 0.1) is 12.7 Å². The molecule has 1 aromatic heterocycles. The topological polar surface area (TPSA) is 177 Å². The Morgan fingerprint density at radius 1 is 1.20 bits per heavy atom. The SMILES string of the molecule is CC(C)C1CCC2(CC1)N=C(c1cncc(F)c1)C(=O)N2C(CCC(C)(C)C)C1C=CC=C(C(=O)NCC(=N)N)C=C1.NN. The number of nitrogens with zero attached hydrogens (tertiary/aromatic N) is 3. The Labute approximate surface area is 260 Å². The van der Waals surface area contributed by atoms with Crippen molar-refractivity contribution in [2.75, 3.05) is 6.54 Å². The van der Waals surface area contributed by atoms with E-state index in [9.17, 15) is 14.0 Å². The molecule has 2 unspecified atom stereocenters. The average molecular weight is 609 g/mol. The van der Waals surface area contributed by atoms with Crippen molar-refractivity contribution >= 4 is 23.4 Å². The van der Waals surface area contributed by atoms with Crippen LogP contribution in [-0.4, -0.2) is 51.5 Å². The minimum atomic E-state index is -0.713. The van der Waals surface area contributed by atoms with E-state index in [0.29, 0.717) is 23.0 Å². The summed E-state index contributed by atoms with van der Waals surface area (Å²) in [6.45, 7) is 11.0. The van der Waals surface area contributed by atoms with Crippen molar-refractivity contribution in [3.05, 3.63) is 65.8 Å². The number of amides is 2. The van der Waals surface area contributed by atoms with Gasteiger partial charge in [-0.15, -0.1) is 0 Å². The Bertz CT molecular complexity index is 1320. The summed E-state index contributed by atoms with van der Waals surface area (Å²) in [6, 6.07) is 1.11. The van der Waals surface area contributed by atoms with Gasteiger partial charge in [-0.25, -0.2) is 4.39 Å². The number of nitrogens with one attached hydrogen (secondary N) is 2. The second kappa shape index (κ2) is 14.9. The first-order valence-corrected chi connectivity index (χ1v) is 15.4. The molecule has 0 aromatic carbocycles. The molecule has 4 rings (SSSR count). The fourth-order valence-corrected chi connectivity index (χ4v) is 6.31. The number of pyridine rings is 1. The van der Waals surface area contributed by atoms with Crippen LogP contribution in [-0.2, 0) is 9.59 Å². The lowest BCUT2D eigenvalue weighted by atomic mass is 9.75.